The van der Waals surface area contributed by atoms with Crippen LogP contribution in [0.3, 0.4) is 0 Å². The first-order valence-electron chi connectivity index (χ1n) is 0.548. The van der Waals surface area contributed by atoms with Gasteiger partial charge in [0.1, 0.15) is 0 Å². The molecule has 0 N–H and O–H groups in total. The maximum atomic E-state index is 4.46. The van der Waals surface area contributed by atoms with Gasteiger partial charge in [0.25, 0.3) is 0 Å². The zero-order chi connectivity index (χ0) is 3.58. The second-order valence-corrected chi connectivity index (χ2v) is 4.91. The van der Waals surface area contributed by atoms with E-state index in [2.05, 4.69) is 21.1 Å². The van der Waals surface area contributed by atoms with E-state index in [1.807, 2.05) is 5.82 Å². The zero-order valence-electron chi connectivity index (χ0n) is 2.12. The minimum absolute atomic E-state index is 0.146. The van der Waals surface area contributed by atoms with Gasteiger partial charge in [0, 0.05) is 0 Å². The molecule has 0 aliphatic rings. The molecule has 0 atom stereocenters. The van der Waals surface area contributed by atoms with E-state index in [-0.39, 0.29) is 10.6 Å². The molecule has 0 heterocycles. The van der Waals surface area contributed by atoms with Gasteiger partial charge in [-0.3, -0.25) is 0 Å². The molecule has 0 amide bonds. The summed E-state index contributed by atoms with van der Waals surface area (Å²) < 4.78 is 0. The topological polar surface area (TPSA) is 0 Å². The SMILES string of the molecule is [CH3][Cu](=[S])=[S]. The molecule has 0 aliphatic carbocycles. The summed E-state index contributed by atoms with van der Waals surface area (Å²) in [6.07, 6.45) is 0. The van der Waals surface area contributed by atoms with Crippen LogP contribution in [0.15, 0.2) is 0 Å². The Hall–Kier alpha value is 0.959. The Morgan fingerprint density at radius 2 is 1.50 bits per heavy atom. The second-order valence-electron chi connectivity index (χ2n) is 0.296. The van der Waals surface area contributed by atoms with Crippen molar-refractivity contribution in [1.82, 2.24) is 0 Å². The van der Waals surface area contributed by atoms with Crippen molar-refractivity contribution in [3.8, 4) is 0 Å². The average molecular weight is 143 g/mol. The van der Waals surface area contributed by atoms with Crippen molar-refractivity contribution in [1.29, 1.82) is 0 Å². The molecule has 0 aliphatic heterocycles. The Morgan fingerprint density at radius 3 is 1.50 bits per heavy atom. The molecule has 0 rings (SSSR count). The van der Waals surface area contributed by atoms with Crippen LogP contribution in [0, 0.1) is 0 Å². The first-order valence-corrected chi connectivity index (χ1v) is 4.29. The molecule has 0 aromatic rings. The second kappa shape index (κ2) is 2.21. The fourth-order valence-electron chi connectivity index (χ4n) is 0. The monoisotopic (exact) mass is 142 g/mol. The predicted molar refractivity (Wildman–Crippen MR) is 21.0 cm³/mol. The Labute approximate surface area is 37.8 Å². The first-order chi connectivity index (χ1) is 1.73. The van der Waals surface area contributed by atoms with Crippen LogP contribution in [0.5, 0.6) is 0 Å². The molecule has 3 heteroatoms. The summed E-state index contributed by atoms with van der Waals surface area (Å²) in [6, 6.07) is 0. The fourth-order valence-corrected chi connectivity index (χ4v) is 0. The van der Waals surface area contributed by atoms with Crippen LogP contribution in [-0.4, -0.2) is 0 Å². The number of hydrogen-bond donors (Lipinski definition) is 0. The summed E-state index contributed by atoms with van der Waals surface area (Å²) in [5.74, 6) is 1.82. The summed E-state index contributed by atoms with van der Waals surface area (Å²) >= 11 is 0. The van der Waals surface area contributed by atoms with Crippen molar-refractivity contribution in [3.05, 3.63) is 0 Å². The summed E-state index contributed by atoms with van der Waals surface area (Å²) in [4.78, 5) is 0. The van der Waals surface area contributed by atoms with Crippen LogP contribution in [0.1, 0.15) is 0 Å². The maximum absolute atomic E-state index is 4.46. The minimum atomic E-state index is -0.146. The Balaban J connectivity index is 3.51. The predicted octanol–water partition coefficient (Wildman–Crippen LogP) is 1.88. The van der Waals surface area contributed by atoms with Crippen molar-refractivity contribution < 1.29 is 10.6 Å². The van der Waals surface area contributed by atoms with Crippen molar-refractivity contribution in [2.24, 2.45) is 0 Å². The molecule has 0 bridgehead atoms. The first kappa shape index (κ1) is 4.96. The molecular weight excluding hydrogens is 140 g/mol. The van der Waals surface area contributed by atoms with Gasteiger partial charge in [-0.15, -0.1) is 0 Å². The molecule has 0 aromatic carbocycles. The molecule has 4 heavy (non-hydrogen) atoms. The molecule has 0 saturated carbocycles. The van der Waals surface area contributed by atoms with Gasteiger partial charge in [-0.2, -0.15) is 0 Å². The van der Waals surface area contributed by atoms with E-state index in [0.29, 0.717) is 0 Å². The standard InChI is InChI=1S/CH3.Cu.2S/h1H3;;;. The van der Waals surface area contributed by atoms with E-state index < -0.39 is 0 Å². The van der Waals surface area contributed by atoms with Crippen LogP contribution >= 0.6 is 21.1 Å². The van der Waals surface area contributed by atoms with E-state index >= 15 is 0 Å². The molecule has 0 nitrogen and oxygen atoms in total. The van der Waals surface area contributed by atoms with Crippen LogP contribution in [0.25, 0.3) is 0 Å². The van der Waals surface area contributed by atoms with Crippen LogP contribution in [-0.2, 0) is 10.6 Å². The molecule has 0 fully saturated rings. The van der Waals surface area contributed by atoms with Gasteiger partial charge in [0.15, 0.2) is 0 Å². The van der Waals surface area contributed by atoms with E-state index in [1.165, 1.54) is 0 Å². The summed E-state index contributed by atoms with van der Waals surface area (Å²) in [7, 11) is 8.77. The van der Waals surface area contributed by atoms with Gasteiger partial charge in [-0.1, -0.05) is 0 Å². The van der Waals surface area contributed by atoms with E-state index in [4.69, 9.17) is 0 Å². The van der Waals surface area contributed by atoms with E-state index in [9.17, 15) is 0 Å². The third kappa shape index (κ3) is 12.3. The molecule has 0 spiro atoms. The molecule has 0 aromatic heterocycles. The third-order valence-electron chi connectivity index (χ3n) is 0. The summed E-state index contributed by atoms with van der Waals surface area (Å²) in [6.45, 7) is 0. The molecule has 30 valence electrons. The summed E-state index contributed by atoms with van der Waals surface area (Å²) in [5.41, 5.74) is 0. The van der Waals surface area contributed by atoms with Gasteiger partial charge in [-0.25, -0.2) is 0 Å². The average Bonchev–Trinajstić information content (AvgIpc) is 0.811. The zero-order valence-corrected chi connectivity index (χ0v) is 4.69. The Kier molecular flexibility index (Phi) is 2.74. The summed E-state index contributed by atoms with van der Waals surface area (Å²) in [5, 5.41) is 0. The molecular formula is CH3CuS2. The van der Waals surface area contributed by atoms with E-state index in [1.54, 1.807) is 0 Å². The number of hydrogen-bond acceptors (Lipinski definition) is 2. The number of rotatable bonds is 0. The fraction of sp³-hybridized carbons (Fsp3) is 1.00. The van der Waals surface area contributed by atoms with E-state index in [0.717, 1.165) is 0 Å². The van der Waals surface area contributed by atoms with Gasteiger partial charge >= 0.3 is 37.6 Å². The molecule has 0 unspecified atom stereocenters. The Bertz CT molecular complexity index is 54.4. The van der Waals surface area contributed by atoms with Crippen LogP contribution in [0.2, 0.25) is 5.82 Å². The van der Waals surface area contributed by atoms with Crippen molar-refractivity contribution in [2.75, 3.05) is 0 Å². The normalized spacial score (nSPS) is 10.8. The van der Waals surface area contributed by atoms with Gasteiger partial charge in [0.05, 0.1) is 0 Å². The van der Waals surface area contributed by atoms with Crippen molar-refractivity contribution >= 4 is 21.1 Å². The van der Waals surface area contributed by atoms with Crippen molar-refractivity contribution in [2.45, 2.75) is 5.82 Å². The Morgan fingerprint density at radius 1 is 1.50 bits per heavy atom. The van der Waals surface area contributed by atoms with Gasteiger partial charge in [-0.05, 0) is 0 Å². The van der Waals surface area contributed by atoms with Crippen molar-refractivity contribution in [3.63, 3.8) is 0 Å². The van der Waals surface area contributed by atoms with Crippen LogP contribution in [0.4, 0.5) is 0 Å². The van der Waals surface area contributed by atoms with Crippen LogP contribution < -0.4 is 0 Å². The third-order valence-corrected chi connectivity index (χ3v) is 0. The quantitative estimate of drug-likeness (QED) is 0.474. The molecule has 0 radical (unpaired) electrons. The van der Waals surface area contributed by atoms with Gasteiger partial charge < -0.3 is 0 Å². The van der Waals surface area contributed by atoms with Gasteiger partial charge in [0.2, 0.25) is 0 Å². The molecule has 0 saturated heterocycles.